The largest absolute Gasteiger partial charge is 0.497 e. The summed E-state index contributed by atoms with van der Waals surface area (Å²) >= 11 is 0. The standard InChI is InChI=1S/C17H26N2O2.2ClH/c1-4-5-6-16(19-11-9-18-10-12-19)15-13-14(20-2)7-8-17(15)21-3;;/h4,7-8,13,16,18H,1,5-6,9-12H2,2-3H3;2*1H/t16-;;/m1../s1. The Morgan fingerprint density at radius 2 is 1.91 bits per heavy atom. The third-order valence-electron chi connectivity index (χ3n) is 4.03. The molecular formula is C17H28Cl2N2O2. The lowest BCUT2D eigenvalue weighted by Gasteiger charge is -2.36. The van der Waals surface area contributed by atoms with Crippen LogP contribution in [0.25, 0.3) is 0 Å². The molecule has 1 saturated heterocycles. The average molecular weight is 363 g/mol. The number of hydrogen-bond donors (Lipinski definition) is 1. The topological polar surface area (TPSA) is 33.7 Å². The van der Waals surface area contributed by atoms with Crippen molar-refractivity contribution in [3.63, 3.8) is 0 Å². The summed E-state index contributed by atoms with van der Waals surface area (Å²) < 4.78 is 11.0. The lowest BCUT2D eigenvalue weighted by Crippen LogP contribution is -2.45. The molecule has 1 N–H and O–H groups in total. The Hall–Kier alpha value is -0.940. The lowest BCUT2D eigenvalue weighted by atomic mass is 9.98. The van der Waals surface area contributed by atoms with Gasteiger partial charge in [0.1, 0.15) is 11.5 Å². The molecule has 23 heavy (non-hydrogen) atoms. The monoisotopic (exact) mass is 362 g/mol. The second-order valence-corrected chi connectivity index (χ2v) is 5.28. The van der Waals surface area contributed by atoms with Crippen molar-refractivity contribution in [1.82, 2.24) is 10.2 Å². The van der Waals surface area contributed by atoms with Gasteiger partial charge in [-0.05, 0) is 31.0 Å². The summed E-state index contributed by atoms with van der Waals surface area (Å²) in [6.07, 6.45) is 4.03. The van der Waals surface area contributed by atoms with Crippen molar-refractivity contribution in [3.8, 4) is 11.5 Å². The van der Waals surface area contributed by atoms with Gasteiger partial charge in [-0.1, -0.05) is 6.08 Å². The summed E-state index contributed by atoms with van der Waals surface area (Å²) in [5.41, 5.74) is 1.21. The van der Waals surface area contributed by atoms with Crippen LogP contribution in [0.3, 0.4) is 0 Å². The second kappa shape index (κ2) is 11.6. The predicted molar refractivity (Wildman–Crippen MR) is 101 cm³/mol. The van der Waals surface area contributed by atoms with Crippen LogP contribution in [0.15, 0.2) is 30.9 Å². The van der Waals surface area contributed by atoms with Gasteiger partial charge < -0.3 is 14.8 Å². The summed E-state index contributed by atoms with van der Waals surface area (Å²) in [5, 5.41) is 3.41. The minimum absolute atomic E-state index is 0. The SMILES string of the molecule is C=CCC[C@H](c1cc(OC)ccc1OC)N1CCNCC1.Cl.Cl. The van der Waals surface area contributed by atoms with Crippen molar-refractivity contribution in [2.24, 2.45) is 0 Å². The van der Waals surface area contributed by atoms with Crippen LogP contribution in [0, 0.1) is 0 Å². The number of ether oxygens (including phenoxy) is 2. The molecule has 0 amide bonds. The molecular weight excluding hydrogens is 335 g/mol. The Balaban J connectivity index is 0.00000242. The number of halogens is 2. The molecule has 0 aromatic heterocycles. The molecule has 132 valence electrons. The molecule has 4 nitrogen and oxygen atoms in total. The van der Waals surface area contributed by atoms with Gasteiger partial charge in [-0.2, -0.15) is 0 Å². The molecule has 6 heteroatoms. The zero-order valence-electron chi connectivity index (χ0n) is 13.9. The number of benzene rings is 1. The van der Waals surface area contributed by atoms with E-state index in [0.29, 0.717) is 6.04 Å². The van der Waals surface area contributed by atoms with E-state index in [2.05, 4.69) is 22.9 Å². The number of piperazine rings is 1. The van der Waals surface area contributed by atoms with Crippen molar-refractivity contribution in [2.45, 2.75) is 18.9 Å². The van der Waals surface area contributed by atoms with Crippen LogP contribution >= 0.6 is 24.8 Å². The van der Waals surface area contributed by atoms with Gasteiger partial charge in [-0.25, -0.2) is 0 Å². The Morgan fingerprint density at radius 1 is 1.22 bits per heavy atom. The highest BCUT2D eigenvalue weighted by molar-refractivity contribution is 5.85. The molecule has 0 radical (unpaired) electrons. The Labute approximate surface area is 152 Å². The van der Waals surface area contributed by atoms with Gasteiger partial charge in [0.2, 0.25) is 0 Å². The molecule has 1 fully saturated rings. The first-order valence-electron chi connectivity index (χ1n) is 7.57. The van der Waals surface area contributed by atoms with Gasteiger partial charge in [-0.3, -0.25) is 4.90 Å². The summed E-state index contributed by atoms with van der Waals surface area (Å²) in [6, 6.07) is 6.39. The number of allylic oxidation sites excluding steroid dienone is 1. The van der Waals surface area contributed by atoms with Gasteiger partial charge in [0, 0.05) is 37.8 Å². The van der Waals surface area contributed by atoms with E-state index in [0.717, 1.165) is 50.5 Å². The van der Waals surface area contributed by atoms with Crippen LogP contribution < -0.4 is 14.8 Å². The molecule has 0 bridgehead atoms. The molecule has 2 rings (SSSR count). The van der Waals surface area contributed by atoms with Crippen molar-refractivity contribution in [2.75, 3.05) is 40.4 Å². The van der Waals surface area contributed by atoms with E-state index < -0.39 is 0 Å². The fourth-order valence-electron chi connectivity index (χ4n) is 2.90. The minimum Gasteiger partial charge on any atom is -0.497 e. The van der Waals surface area contributed by atoms with Gasteiger partial charge in [-0.15, -0.1) is 31.4 Å². The predicted octanol–water partition coefficient (Wildman–Crippen LogP) is 3.46. The summed E-state index contributed by atoms with van der Waals surface area (Å²) in [6.45, 7) is 8.05. The molecule has 1 aromatic carbocycles. The third-order valence-corrected chi connectivity index (χ3v) is 4.03. The van der Waals surface area contributed by atoms with Crippen LogP contribution in [0.2, 0.25) is 0 Å². The first-order valence-corrected chi connectivity index (χ1v) is 7.57. The summed E-state index contributed by atoms with van der Waals surface area (Å²) in [7, 11) is 3.43. The average Bonchev–Trinajstić information content (AvgIpc) is 2.56. The zero-order valence-corrected chi connectivity index (χ0v) is 15.5. The summed E-state index contributed by atoms with van der Waals surface area (Å²) in [4.78, 5) is 2.53. The maximum absolute atomic E-state index is 5.57. The van der Waals surface area contributed by atoms with E-state index in [1.54, 1.807) is 14.2 Å². The highest BCUT2D eigenvalue weighted by atomic mass is 35.5. The van der Waals surface area contributed by atoms with Crippen molar-refractivity contribution < 1.29 is 9.47 Å². The minimum atomic E-state index is 0. The second-order valence-electron chi connectivity index (χ2n) is 5.28. The highest BCUT2D eigenvalue weighted by Gasteiger charge is 2.24. The van der Waals surface area contributed by atoms with E-state index in [9.17, 15) is 0 Å². The zero-order chi connectivity index (χ0) is 15.1. The van der Waals surface area contributed by atoms with Gasteiger partial charge in [0.05, 0.1) is 14.2 Å². The fraction of sp³-hybridized carbons (Fsp3) is 0.529. The fourth-order valence-corrected chi connectivity index (χ4v) is 2.90. The van der Waals surface area contributed by atoms with Crippen LogP contribution in [0.4, 0.5) is 0 Å². The van der Waals surface area contributed by atoms with Crippen LogP contribution in [0.1, 0.15) is 24.4 Å². The molecule has 1 atom stereocenters. The number of nitrogens with one attached hydrogen (secondary N) is 1. The number of rotatable bonds is 7. The van der Waals surface area contributed by atoms with E-state index in [-0.39, 0.29) is 24.8 Å². The Bertz CT molecular complexity index is 466. The van der Waals surface area contributed by atoms with Crippen LogP contribution in [0.5, 0.6) is 11.5 Å². The van der Waals surface area contributed by atoms with Crippen molar-refractivity contribution in [1.29, 1.82) is 0 Å². The third kappa shape index (κ3) is 5.88. The van der Waals surface area contributed by atoms with Crippen molar-refractivity contribution >= 4 is 24.8 Å². The maximum Gasteiger partial charge on any atom is 0.123 e. The van der Waals surface area contributed by atoms with E-state index in [4.69, 9.17) is 9.47 Å². The van der Waals surface area contributed by atoms with Gasteiger partial charge in [0.25, 0.3) is 0 Å². The van der Waals surface area contributed by atoms with E-state index in [1.807, 2.05) is 18.2 Å². The van der Waals surface area contributed by atoms with Gasteiger partial charge in [0.15, 0.2) is 0 Å². The molecule has 1 heterocycles. The van der Waals surface area contributed by atoms with Crippen LogP contribution in [-0.4, -0.2) is 45.3 Å². The molecule has 1 aliphatic rings. The summed E-state index contributed by atoms with van der Waals surface area (Å²) in [5.74, 6) is 1.81. The number of nitrogens with zero attached hydrogens (tertiary/aromatic N) is 1. The molecule has 0 spiro atoms. The smallest absolute Gasteiger partial charge is 0.123 e. The molecule has 0 unspecified atom stereocenters. The number of methoxy groups -OCH3 is 2. The van der Waals surface area contributed by atoms with Crippen LogP contribution in [-0.2, 0) is 0 Å². The molecule has 0 aliphatic carbocycles. The van der Waals surface area contributed by atoms with Crippen molar-refractivity contribution in [3.05, 3.63) is 36.4 Å². The highest BCUT2D eigenvalue weighted by Crippen LogP contribution is 2.35. The molecule has 1 aliphatic heterocycles. The molecule has 1 aromatic rings. The van der Waals surface area contributed by atoms with Gasteiger partial charge >= 0.3 is 0 Å². The van der Waals surface area contributed by atoms with E-state index >= 15 is 0 Å². The Morgan fingerprint density at radius 3 is 2.48 bits per heavy atom. The molecule has 0 saturated carbocycles. The quantitative estimate of drug-likeness (QED) is 0.753. The van der Waals surface area contributed by atoms with E-state index in [1.165, 1.54) is 5.56 Å². The maximum atomic E-state index is 5.57. The first-order chi connectivity index (χ1) is 10.3. The normalized spacial score (nSPS) is 15.7. The first kappa shape index (κ1) is 22.1. The number of hydrogen-bond acceptors (Lipinski definition) is 4. The lowest BCUT2D eigenvalue weighted by molar-refractivity contribution is 0.163. The Kier molecular flexibility index (Phi) is 11.1.